The highest BCUT2D eigenvalue weighted by Crippen LogP contribution is 1.97. The highest BCUT2D eigenvalue weighted by Gasteiger charge is 1.98. The predicted octanol–water partition coefficient (Wildman–Crippen LogP) is 1.02. The maximum Gasteiger partial charge on any atom is 0.220 e. The summed E-state index contributed by atoms with van der Waals surface area (Å²) in [5, 5.41) is 5.89. The van der Waals surface area contributed by atoms with E-state index in [1.165, 1.54) is 0 Å². The van der Waals surface area contributed by atoms with Crippen LogP contribution in [0.3, 0.4) is 0 Å². The molecule has 0 rings (SSSR count). The lowest BCUT2D eigenvalue weighted by Crippen LogP contribution is -2.26. The van der Waals surface area contributed by atoms with Gasteiger partial charge in [0.2, 0.25) is 5.91 Å². The molecule has 4 heteroatoms. The molecule has 0 aliphatic carbocycles. The Morgan fingerprint density at radius 1 is 1.50 bits per heavy atom. The third-order valence-electron chi connectivity index (χ3n) is 1.63. The topological polar surface area (TPSA) is 41.1 Å². The van der Waals surface area contributed by atoms with Gasteiger partial charge in [0.05, 0.1) is 0 Å². The number of amides is 1. The zero-order valence-corrected chi connectivity index (χ0v) is 9.66. The van der Waals surface area contributed by atoms with Crippen molar-refractivity contribution in [3.8, 4) is 0 Å². The average molecular weight is 216 g/mol. The van der Waals surface area contributed by atoms with Crippen molar-refractivity contribution in [1.82, 2.24) is 10.6 Å². The summed E-state index contributed by atoms with van der Waals surface area (Å²) >= 11 is 1.78. The van der Waals surface area contributed by atoms with Crippen molar-refractivity contribution < 1.29 is 4.79 Å². The molecule has 0 aliphatic rings. The lowest BCUT2D eigenvalue weighted by Gasteiger charge is -2.03. The number of nitrogens with one attached hydrogen (secondary N) is 2. The first-order valence-corrected chi connectivity index (χ1v) is 6.06. The van der Waals surface area contributed by atoms with Crippen molar-refractivity contribution >= 4 is 17.7 Å². The minimum atomic E-state index is 0.152. The highest BCUT2D eigenvalue weighted by molar-refractivity contribution is 7.99. The smallest absolute Gasteiger partial charge is 0.220 e. The van der Waals surface area contributed by atoms with Crippen molar-refractivity contribution in [3.63, 3.8) is 0 Å². The first-order chi connectivity index (χ1) is 6.81. The summed E-state index contributed by atoms with van der Waals surface area (Å²) in [5.41, 5.74) is 0. The van der Waals surface area contributed by atoms with Gasteiger partial charge in [-0.3, -0.25) is 4.79 Å². The molecule has 0 unspecified atom stereocenters. The van der Waals surface area contributed by atoms with Crippen LogP contribution in [0.4, 0.5) is 0 Å². The van der Waals surface area contributed by atoms with E-state index in [0.717, 1.165) is 31.0 Å². The predicted molar refractivity (Wildman–Crippen MR) is 63.7 cm³/mol. The van der Waals surface area contributed by atoms with Crippen LogP contribution in [0.5, 0.6) is 0 Å². The largest absolute Gasteiger partial charge is 0.355 e. The highest BCUT2D eigenvalue weighted by atomic mass is 32.2. The minimum Gasteiger partial charge on any atom is -0.355 e. The molecule has 1 amide bonds. The van der Waals surface area contributed by atoms with Gasteiger partial charge in [0.15, 0.2) is 0 Å². The number of thioether (sulfide) groups is 1. The second-order valence-electron chi connectivity index (χ2n) is 2.92. The zero-order valence-electron chi connectivity index (χ0n) is 8.84. The first kappa shape index (κ1) is 13.5. The number of carbonyl (C=O) groups is 1. The van der Waals surface area contributed by atoms with Gasteiger partial charge in [0.25, 0.3) is 0 Å². The molecule has 0 bridgehead atoms. The Morgan fingerprint density at radius 3 is 2.93 bits per heavy atom. The molecular formula is C10H20N2OS. The summed E-state index contributed by atoms with van der Waals surface area (Å²) in [6.07, 6.45) is 3.40. The second-order valence-corrected chi connectivity index (χ2v) is 4.07. The van der Waals surface area contributed by atoms with Crippen LogP contribution in [-0.2, 0) is 4.79 Å². The summed E-state index contributed by atoms with van der Waals surface area (Å²) in [7, 11) is 1.89. The van der Waals surface area contributed by atoms with Crippen molar-refractivity contribution in [2.45, 2.75) is 12.8 Å². The van der Waals surface area contributed by atoms with E-state index in [4.69, 9.17) is 0 Å². The molecule has 82 valence electrons. The summed E-state index contributed by atoms with van der Waals surface area (Å²) in [6.45, 7) is 5.29. The fourth-order valence-electron chi connectivity index (χ4n) is 0.943. The van der Waals surface area contributed by atoms with Crippen LogP contribution in [0.2, 0.25) is 0 Å². The molecular weight excluding hydrogens is 196 g/mol. The molecule has 0 aromatic heterocycles. The Morgan fingerprint density at radius 2 is 2.29 bits per heavy atom. The van der Waals surface area contributed by atoms with E-state index in [1.807, 2.05) is 13.1 Å². The second kappa shape index (κ2) is 10.6. The van der Waals surface area contributed by atoms with Crippen molar-refractivity contribution in [3.05, 3.63) is 12.7 Å². The van der Waals surface area contributed by atoms with E-state index in [0.29, 0.717) is 6.42 Å². The molecule has 2 N–H and O–H groups in total. The molecule has 14 heavy (non-hydrogen) atoms. The fourth-order valence-corrected chi connectivity index (χ4v) is 1.52. The van der Waals surface area contributed by atoms with Gasteiger partial charge in [-0.1, -0.05) is 6.08 Å². The Labute approximate surface area is 90.7 Å². The fraction of sp³-hybridized carbons (Fsp3) is 0.700. The Hall–Kier alpha value is -0.480. The lowest BCUT2D eigenvalue weighted by atomic mass is 10.3. The van der Waals surface area contributed by atoms with E-state index < -0.39 is 0 Å². The van der Waals surface area contributed by atoms with Gasteiger partial charge in [-0.05, 0) is 20.0 Å². The first-order valence-electron chi connectivity index (χ1n) is 4.91. The molecule has 0 aromatic rings. The molecule has 0 spiro atoms. The lowest BCUT2D eigenvalue weighted by molar-refractivity contribution is -0.121. The molecule has 0 atom stereocenters. The van der Waals surface area contributed by atoms with Crippen LogP contribution in [0.15, 0.2) is 12.7 Å². The number of hydrogen-bond acceptors (Lipinski definition) is 3. The summed E-state index contributed by atoms with van der Waals surface area (Å²) in [4.78, 5) is 11.2. The van der Waals surface area contributed by atoms with Crippen LogP contribution in [0.25, 0.3) is 0 Å². The van der Waals surface area contributed by atoms with Crippen LogP contribution in [0.1, 0.15) is 12.8 Å². The van der Waals surface area contributed by atoms with Gasteiger partial charge in [-0.15, -0.1) is 6.58 Å². The molecule has 3 nitrogen and oxygen atoms in total. The van der Waals surface area contributed by atoms with E-state index >= 15 is 0 Å². The van der Waals surface area contributed by atoms with Gasteiger partial charge < -0.3 is 10.6 Å². The SMILES string of the molecule is C=CCSCCNC(=O)CCCNC. The van der Waals surface area contributed by atoms with Gasteiger partial charge in [0.1, 0.15) is 0 Å². The Balaban J connectivity index is 3.14. The summed E-state index contributed by atoms with van der Waals surface area (Å²) < 4.78 is 0. The molecule has 0 fully saturated rings. The Bertz CT molecular complexity index is 162. The normalized spacial score (nSPS) is 9.79. The Kier molecular flexibility index (Phi) is 10.2. The molecule has 0 saturated carbocycles. The van der Waals surface area contributed by atoms with E-state index in [2.05, 4.69) is 17.2 Å². The van der Waals surface area contributed by atoms with Crippen molar-refractivity contribution in [2.24, 2.45) is 0 Å². The zero-order chi connectivity index (χ0) is 10.6. The third kappa shape index (κ3) is 9.61. The van der Waals surface area contributed by atoms with Gasteiger partial charge in [-0.2, -0.15) is 11.8 Å². The maximum atomic E-state index is 11.2. The van der Waals surface area contributed by atoms with Crippen molar-refractivity contribution in [2.75, 3.05) is 31.6 Å². The number of carbonyl (C=O) groups excluding carboxylic acids is 1. The molecule has 0 aliphatic heterocycles. The van der Waals surface area contributed by atoms with E-state index in [9.17, 15) is 4.79 Å². The van der Waals surface area contributed by atoms with E-state index in [1.54, 1.807) is 11.8 Å². The van der Waals surface area contributed by atoms with Crippen LogP contribution >= 0.6 is 11.8 Å². The number of rotatable bonds is 9. The van der Waals surface area contributed by atoms with Crippen LogP contribution in [-0.4, -0.2) is 37.6 Å². The molecule has 0 saturated heterocycles. The van der Waals surface area contributed by atoms with E-state index in [-0.39, 0.29) is 5.91 Å². The van der Waals surface area contributed by atoms with Crippen LogP contribution in [0, 0.1) is 0 Å². The summed E-state index contributed by atoms with van der Waals surface area (Å²) in [6, 6.07) is 0. The van der Waals surface area contributed by atoms with Gasteiger partial charge in [-0.25, -0.2) is 0 Å². The van der Waals surface area contributed by atoms with Crippen LogP contribution < -0.4 is 10.6 Å². The van der Waals surface area contributed by atoms with Crippen molar-refractivity contribution in [1.29, 1.82) is 0 Å². The monoisotopic (exact) mass is 216 g/mol. The minimum absolute atomic E-state index is 0.152. The maximum absolute atomic E-state index is 11.2. The molecule has 0 radical (unpaired) electrons. The average Bonchev–Trinajstić information content (AvgIpc) is 2.18. The molecule has 0 heterocycles. The molecule has 0 aromatic carbocycles. The summed E-state index contributed by atoms with van der Waals surface area (Å²) in [5.74, 6) is 2.07. The number of hydrogen-bond donors (Lipinski definition) is 2. The quantitative estimate of drug-likeness (QED) is 0.447. The van der Waals surface area contributed by atoms with Gasteiger partial charge >= 0.3 is 0 Å². The standard InChI is InChI=1S/C10H20N2OS/c1-3-8-14-9-7-12-10(13)5-4-6-11-2/h3,11H,1,4-9H2,2H3,(H,12,13). The third-order valence-corrected chi connectivity index (χ3v) is 2.60. The van der Waals surface area contributed by atoms with Gasteiger partial charge in [0, 0.05) is 24.5 Å².